The van der Waals surface area contributed by atoms with Gasteiger partial charge in [-0.3, -0.25) is 0 Å². The predicted octanol–water partition coefficient (Wildman–Crippen LogP) is 10.3. The Balaban J connectivity index is 1.40. The van der Waals surface area contributed by atoms with E-state index >= 15 is 0 Å². The van der Waals surface area contributed by atoms with Crippen molar-refractivity contribution in [3.63, 3.8) is 0 Å². The molecule has 0 spiro atoms. The molecule has 3 aromatic rings. The first-order chi connectivity index (χ1) is 21.6. The third-order valence-corrected chi connectivity index (χ3v) is 7.26. The highest BCUT2D eigenvalue weighted by molar-refractivity contribution is 5.92. The molecule has 4 heteroatoms. The number of ether oxygens (including phenoxy) is 2. The van der Waals surface area contributed by atoms with Crippen LogP contribution in [0.5, 0.6) is 11.5 Å². The number of hydrogen-bond acceptors (Lipinski definition) is 4. The standard InChI is InChI=1S/C40H46O4/c1-3-5-7-9-11-13-15-17-19-33-21-25-35(26-22-33)39(41)43-37-29-31-38(32-30-37)44-40(42)36-27-23-34(24-28-36)20-18-16-14-12-10-8-6-4-2/h21-32H,3-16H2,1-2H3. The largest absolute Gasteiger partial charge is 0.423 e. The summed E-state index contributed by atoms with van der Waals surface area (Å²) < 4.78 is 11.0. The first-order valence-corrected chi connectivity index (χ1v) is 16.3. The molecule has 0 saturated heterocycles. The maximum atomic E-state index is 12.6. The smallest absolute Gasteiger partial charge is 0.343 e. The zero-order valence-corrected chi connectivity index (χ0v) is 26.5. The Kier molecular flexibility index (Phi) is 16.0. The summed E-state index contributed by atoms with van der Waals surface area (Å²) in [5.41, 5.74) is 2.64. The number of rotatable bonds is 16. The van der Waals surface area contributed by atoms with Gasteiger partial charge in [-0.1, -0.05) is 102 Å². The summed E-state index contributed by atoms with van der Waals surface area (Å²) in [6.07, 6.45) is 16.8. The summed E-state index contributed by atoms with van der Waals surface area (Å²) >= 11 is 0. The van der Waals surface area contributed by atoms with Crippen molar-refractivity contribution in [3.8, 4) is 35.2 Å². The van der Waals surface area contributed by atoms with Crippen LogP contribution in [0.4, 0.5) is 0 Å². The van der Waals surface area contributed by atoms with Crippen molar-refractivity contribution in [1.82, 2.24) is 0 Å². The summed E-state index contributed by atoms with van der Waals surface area (Å²) in [5.74, 6) is 12.6. The number of benzene rings is 3. The number of unbranched alkanes of at least 4 members (excludes halogenated alkanes) is 12. The third kappa shape index (κ3) is 13.4. The second-order valence-corrected chi connectivity index (χ2v) is 11.0. The first kappa shape index (κ1) is 34.2. The van der Waals surface area contributed by atoms with E-state index in [2.05, 4.69) is 37.5 Å². The fourth-order valence-corrected chi connectivity index (χ4v) is 4.60. The van der Waals surface area contributed by atoms with E-state index in [9.17, 15) is 9.59 Å². The normalized spacial score (nSPS) is 10.2. The van der Waals surface area contributed by atoms with E-state index < -0.39 is 11.9 Å². The Morgan fingerprint density at radius 1 is 0.477 bits per heavy atom. The molecule has 0 aliphatic rings. The molecule has 0 atom stereocenters. The van der Waals surface area contributed by atoms with Gasteiger partial charge in [0.05, 0.1) is 11.1 Å². The van der Waals surface area contributed by atoms with Crippen molar-refractivity contribution in [3.05, 3.63) is 95.1 Å². The molecule has 0 aromatic heterocycles. The van der Waals surface area contributed by atoms with Gasteiger partial charge in [0, 0.05) is 24.0 Å². The molecule has 3 aromatic carbocycles. The Labute approximate surface area is 264 Å². The van der Waals surface area contributed by atoms with E-state index in [0.29, 0.717) is 22.6 Å². The molecular formula is C40H46O4. The van der Waals surface area contributed by atoms with Crippen LogP contribution in [0.1, 0.15) is 136 Å². The molecule has 44 heavy (non-hydrogen) atoms. The van der Waals surface area contributed by atoms with Gasteiger partial charge in [-0.2, -0.15) is 0 Å². The van der Waals surface area contributed by atoms with E-state index in [1.807, 2.05) is 24.3 Å². The minimum atomic E-state index is -0.462. The highest BCUT2D eigenvalue weighted by atomic mass is 16.5. The van der Waals surface area contributed by atoms with Crippen LogP contribution in [-0.4, -0.2) is 11.9 Å². The zero-order valence-electron chi connectivity index (χ0n) is 26.5. The van der Waals surface area contributed by atoms with Gasteiger partial charge in [0.1, 0.15) is 11.5 Å². The molecule has 0 aliphatic carbocycles. The van der Waals surface area contributed by atoms with E-state index in [1.54, 1.807) is 48.5 Å². The van der Waals surface area contributed by atoms with Gasteiger partial charge in [0.25, 0.3) is 0 Å². The molecule has 0 saturated carbocycles. The SMILES string of the molecule is CCCCCCCCC#Cc1ccc(C(=O)Oc2ccc(OC(=O)c3ccc(C#CCCCCCCCC)cc3)cc2)cc1. The Hall–Kier alpha value is -4.28. The molecule has 4 nitrogen and oxygen atoms in total. The second-order valence-electron chi connectivity index (χ2n) is 11.0. The van der Waals surface area contributed by atoms with E-state index in [1.165, 1.54) is 64.2 Å². The monoisotopic (exact) mass is 590 g/mol. The van der Waals surface area contributed by atoms with Crippen LogP contribution >= 0.6 is 0 Å². The molecule has 0 heterocycles. The van der Waals surface area contributed by atoms with Crippen LogP contribution in [0.25, 0.3) is 0 Å². The molecule has 0 radical (unpaired) electrons. The van der Waals surface area contributed by atoms with Crippen molar-refractivity contribution in [2.75, 3.05) is 0 Å². The van der Waals surface area contributed by atoms with Gasteiger partial charge < -0.3 is 9.47 Å². The van der Waals surface area contributed by atoms with Crippen LogP contribution in [0.3, 0.4) is 0 Å². The molecular weight excluding hydrogens is 544 g/mol. The Morgan fingerprint density at radius 3 is 1.18 bits per heavy atom. The van der Waals surface area contributed by atoms with Crippen molar-refractivity contribution in [2.24, 2.45) is 0 Å². The molecule has 0 fully saturated rings. The van der Waals surface area contributed by atoms with Gasteiger partial charge in [-0.15, -0.1) is 0 Å². The topological polar surface area (TPSA) is 52.6 Å². The predicted molar refractivity (Wildman–Crippen MR) is 179 cm³/mol. The van der Waals surface area contributed by atoms with E-state index in [-0.39, 0.29) is 0 Å². The molecule has 0 aliphatic heterocycles. The molecule has 0 N–H and O–H groups in total. The average Bonchev–Trinajstić information content (AvgIpc) is 3.05. The molecule has 3 rings (SSSR count). The van der Waals surface area contributed by atoms with Crippen LogP contribution in [0.2, 0.25) is 0 Å². The summed E-state index contributed by atoms with van der Waals surface area (Å²) in [4.78, 5) is 25.2. The van der Waals surface area contributed by atoms with Gasteiger partial charge in [0.2, 0.25) is 0 Å². The number of carbonyl (C=O) groups excluding carboxylic acids is 2. The van der Waals surface area contributed by atoms with E-state index in [4.69, 9.17) is 9.47 Å². The average molecular weight is 591 g/mol. The highest BCUT2D eigenvalue weighted by Gasteiger charge is 2.11. The maximum absolute atomic E-state index is 12.6. The van der Waals surface area contributed by atoms with Gasteiger partial charge in [-0.25, -0.2) is 9.59 Å². The summed E-state index contributed by atoms with van der Waals surface area (Å²) in [6, 6.07) is 20.6. The van der Waals surface area contributed by atoms with Crippen LogP contribution in [-0.2, 0) is 0 Å². The lowest BCUT2D eigenvalue weighted by Crippen LogP contribution is -2.09. The minimum absolute atomic E-state index is 0.362. The third-order valence-electron chi connectivity index (χ3n) is 7.26. The lowest BCUT2D eigenvalue weighted by atomic mass is 10.1. The number of esters is 2. The molecule has 230 valence electrons. The van der Waals surface area contributed by atoms with Gasteiger partial charge in [-0.05, 0) is 85.6 Å². The van der Waals surface area contributed by atoms with Gasteiger partial charge >= 0.3 is 11.9 Å². The minimum Gasteiger partial charge on any atom is -0.423 e. The lowest BCUT2D eigenvalue weighted by molar-refractivity contribution is 0.0719. The Morgan fingerprint density at radius 2 is 0.818 bits per heavy atom. The van der Waals surface area contributed by atoms with E-state index in [0.717, 1.165) is 36.8 Å². The van der Waals surface area contributed by atoms with Crippen LogP contribution in [0, 0.1) is 23.7 Å². The molecule has 0 amide bonds. The van der Waals surface area contributed by atoms with Crippen molar-refractivity contribution in [2.45, 2.75) is 104 Å². The van der Waals surface area contributed by atoms with Crippen LogP contribution < -0.4 is 9.47 Å². The fraction of sp³-hybridized carbons (Fsp3) is 0.400. The second kappa shape index (κ2) is 20.6. The maximum Gasteiger partial charge on any atom is 0.343 e. The first-order valence-electron chi connectivity index (χ1n) is 16.3. The lowest BCUT2D eigenvalue weighted by Gasteiger charge is -2.07. The fourth-order valence-electron chi connectivity index (χ4n) is 4.60. The zero-order chi connectivity index (χ0) is 31.2. The number of hydrogen-bond donors (Lipinski definition) is 0. The summed E-state index contributed by atoms with van der Waals surface area (Å²) in [6.45, 7) is 4.45. The van der Waals surface area contributed by atoms with Crippen molar-refractivity contribution < 1.29 is 19.1 Å². The van der Waals surface area contributed by atoms with Gasteiger partial charge in [0.15, 0.2) is 0 Å². The molecule has 0 bridgehead atoms. The summed E-state index contributed by atoms with van der Waals surface area (Å²) in [5, 5.41) is 0. The summed E-state index contributed by atoms with van der Waals surface area (Å²) in [7, 11) is 0. The molecule has 0 unspecified atom stereocenters. The highest BCUT2D eigenvalue weighted by Crippen LogP contribution is 2.20. The quantitative estimate of drug-likeness (QED) is 0.0721. The van der Waals surface area contributed by atoms with Crippen molar-refractivity contribution in [1.29, 1.82) is 0 Å². The Bertz CT molecular complexity index is 1280. The van der Waals surface area contributed by atoms with Crippen LogP contribution in [0.15, 0.2) is 72.8 Å². The number of carbonyl (C=O) groups is 2. The van der Waals surface area contributed by atoms with Crippen molar-refractivity contribution >= 4 is 11.9 Å².